The van der Waals surface area contributed by atoms with Crippen molar-refractivity contribution in [2.75, 3.05) is 14.2 Å². The van der Waals surface area contributed by atoms with Crippen LogP contribution in [-0.4, -0.2) is 14.2 Å². The van der Waals surface area contributed by atoms with Crippen molar-refractivity contribution in [1.29, 1.82) is 0 Å². The number of rotatable bonds is 4. The van der Waals surface area contributed by atoms with E-state index in [1.165, 1.54) is 27.1 Å². The Balaban J connectivity index is 2.38. The first-order valence-corrected chi connectivity index (χ1v) is 6.91. The van der Waals surface area contributed by atoms with Gasteiger partial charge < -0.3 is 10.1 Å². The van der Waals surface area contributed by atoms with E-state index in [0.29, 0.717) is 0 Å². The van der Waals surface area contributed by atoms with Gasteiger partial charge in [-0.25, -0.2) is 0 Å². The zero-order valence-corrected chi connectivity index (χ0v) is 12.1. The first kappa shape index (κ1) is 13.1. The molecule has 0 aliphatic heterocycles. The molecule has 0 aliphatic carbocycles. The Bertz CT molecular complexity index is 522. The zero-order chi connectivity index (χ0) is 13.1. The molecule has 2 nitrogen and oxygen atoms in total. The van der Waals surface area contributed by atoms with Crippen molar-refractivity contribution in [3.05, 3.63) is 40.3 Å². The SMILES string of the molecule is CNCc1csc(-c2cc(C)c(OC)c(C)c2)c1. The van der Waals surface area contributed by atoms with Gasteiger partial charge in [-0.3, -0.25) is 0 Å². The lowest BCUT2D eigenvalue weighted by atomic mass is 10.0. The summed E-state index contributed by atoms with van der Waals surface area (Å²) >= 11 is 1.79. The molecule has 0 aliphatic rings. The molecule has 2 aromatic rings. The second kappa shape index (κ2) is 5.55. The van der Waals surface area contributed by atoms with Crippen molar-refractivity contribution < 1.29 is 4.74 Å². The molecule has 96 valence electrons. The van der Waals surface area contributed by atoms with Crippen LogP contribution in [0.2, 0.25) is 0 Å². The normalized spacial score (nSPS) is 10.7. The molecule has 18 heavy (non-hydrogen) atoms. The fourth-order valence-electron chi connectivity index (χ4n) is 2.24. The van der Waals surface area contributed by atoms with Gasteiger partial charge in [-0.05, 0) is 66.7 Å². The number of hydrogen-bond donors (Lipinski definition) is 1. The maximum absolute atomic E-state index is 5.40. The highest BCUT2D eigenvalue weighted by atomic mass is 32.1. The zero-order valence-electron chi connectivity index (χ0n) is 11.3. The fourth-order valence-corrected chi connectivity index (χ4v) is 3.14. The number of nitrogens with one attached hydrogen (secondary N) is 1. The molecule has 3 heteroatoms. The molecule has 1 N–H and O–H groups in total. The van der Waals surface area contributed by atoms with E-state index in [4.69, 9.17) is 4.74 Å². The fraction of sp³-hybridized carbons (Fsp3) is 0.333. The lowest BCUT2D eigenvalue weighted by molar-refractivity contribution is 0.408. The summed E-state index contributed by atoms with van der Waals surface area (Å²) in [6.45, 7) is 5.11. The third-order valence-corrected chi connectivity index (χ3v) is 4.01. The van der Waals surface area contributed by atoms with Crippen molar-refractivity contribution in [1.82, 2.24) is 5.32 Å². The van der Waals surface area contributed by atoms with E-state index in [1.807, 2.05) is 7.05 Å². The highest BCUT2D eigenvalue weighted by molar-refractivity contribution is 7.13. The Morgan fingerprint density at radius 1 is 1.17 bits per heavy atom. The summed E-state index contributed by atoms with van der Waals surface area (Å²) in [4.78, 5) is 1.31. The molecule has 0 unspecified atom stereocenters. The summed E-state index contributed by atoms with van der Waals surface area (Å²) < 4.78 is 5.40. The smallest absolute Gasteiger partial charge is 0.124 e. The Morgan fingerprint density at radius 2 is 1.83 bits per heavy atom. The lowest BCUT2D eigenvalue weighted by Crippen LogP contribution is -2.03. The van der Waals surface area contributed by atoms with Crippen molar-refractivity contribution >= 4 is 11.3 Å². The molecule has 0 saturated heterocycles. The van der Waals surface area contributed by atoms with Gasteiger partial charge in [0, 0.05) is 11.4 Å². The van der Waals surface area contributed by atoms with E-state index < -0.39 is 0 Å². The van der Waals surface area contributed by atoms with E-state index in [9.17, 15) is 0 Å². The highest BCUT2D eigenvalue weighted by Gasteiger charge is 2.08. The largest absolute Gasteiger partial charge is 0.496 e. The molecular formula is C15H19NOS. The van der Waals surface area contributed by atoms with Gasteiger partial charge in [-0.15, -0.1) is 11.3 Å². The number of thiophene rings is 1. The Hall–Kier alpha value is -1.32. The van der Waals surface area contributed by atoms with Crippen LogP contribution in [0.3, 0.4) is 0 Å². The number of hydrogen-bond acceptors (Lipinski definition) is 3. The maximum atomic E-state index is 5.40. The summed E-state index contributed by atoms with van der Waals surface area (Å²) in [5.41, 5.74) is 4.99. The van der Waals surface area contributed by atoms with E-state index >= 15 is 0 Å². The first-order valence-electron chi connectivity index (χ1n) is 6.03. The number of ether oxygens (including phenoxy) is 1. The molecule has 1 aromatic carbocycles. The Kier molecular flexibility index (Phi) is 4.04. The quantitative estimate of drug-likeness (QED) is 0.905. The minimum Gasteiger partial charge on any atom is -0.496 e. The van der Waals surface area contributed by atoms with Gasteiger partial charge in [0.25, 0.3) is 0 Å². The average molecular weight is 261 g/mol. The summed E-state index contributed by atoms with van der Waals surface area (Å²) in [5, 5.41) is 5.39. The van der Waals surface area contributed by atoms with Crippen LogP contribution >= 0.6 is 11.3 Å². The van der Waals surface area contributed by atoms with Crippen molar-refractivity contribution in [3.63, 3.8) is 0 Å². The van der Waals surface area contributed by atoms with Crippen LogP contribution in [-0.2, 0) is 6.54 Å². The van der Waals surface area contributed by atoms with Crippen LogP contribution in [0.1, 0.15) is 16.7 Å². The Morgan fingerprint density at radius 3 is 2.39 bits per heavy atom. The van der Waals surface area contributed by atoms with Crippen LogP contribution in [0.25, 0.3) is 10.4 Å². The van der Waals surface area contributed by atoms with Gasteiger partial charge >= 0.3 is 0 Å². The summed E-state index contributed by atoms with van der Waals surface area (Å²) in [6.07, 6.45) is 0. The number of benzene rings is 1. The van der Waals surface area contributed by atoms with Crippen LogP contribution in [0, 0.1) is 13.8 Å². The predicted octanol–water partition coefficient (Wildman–Crippen LogP) is 3.76. The van der Waals surface area contributed by atoms with E-state index in [0.717, 1.165) is 12.3 Å². The van der Waals surface area contributed by atoms with E-state index in [1.54, 1.807) is 18.4 Å². The lowest BCUT2D eigenvalue weighted by Gasteiger charge is -2.10. The van der Waals surface area contributed by atoms with Gasteiger partial charge in [0.05, 0.1) is 7.11 Å². The van der Waals surface area contributed by atoms with Gasteiger partial charge in [0.15, 0.2) is 0 Å². The highest BCUT2D eigenvalue weighted by Crippen LogP contribution is 2.33. The van der Waals surface area contributed by atoms with Crippen LogP contribution in [0.5, 0.6) is 5.75 Å². The Labute approximate surface area is 113 Å². The molecule has 0 saturated carbocycles. The van der Waals surface area contributed by atoms with Gasteiger partial charge in [-0.2, -0.15) is 0 Å². The van der Waals surface area contributed by atoms with E-state index in [2.05, 4.69) is 42.7 Å². The molecule has 0 bridgehead atoms. The predicted molar refractivity (Wildman–Crippen MR) is 78.5 cm³/mol. The molecule has 0 fully saturated rings. The molecule has 1 heterocycles. The first-order chi connectivity index (χ1) is 8.65. The molecular weight excluding hydrogens is 242 g/mol. The third-order valence-electron chi connectivity index (χ3n) is 2.98. The minimum atomic E-state index is 0.921. The minimum absolute atomic E-state index is 0.921. The second-order valence-corrected chi connectivity index (χ2v) is 5.40. The second-order valence-electron chi connectivity index (χ2n) is 4.49. The monoisotopic (exact) mass is 261 g/mol. The van der Waals surface area contributed by atoms with Crippen LogP contribution in [0.4, 0.5) is 0 Å². The van der Waals surface area contributed by atoms with Gasteiger partial charge in [0.2, 0.25) is 0 Å². The van der Waals surface area contributed by atoms with Gasteiger partial charge in [0.1, 0.15) is 5.75 Å². The van der Waals surface area contributed by atoms with Crippen molar-refractivity contribution in [2.45, 2.75) is 20.4 Å². The average Bonchev–Trinajstić information content (AvgIpc) is 2.78. The summed E-state index contributed by atoms with van der Waals surface area (Å²) in [6, 6.07) is 6.64. The number of aryl methyl sites for hydroxylation is 2. The van der Waals surface area contributed by atoms with Crippen LogP contribution in [0.15, 0.2) is 23.6 Å². The van der Waals surface area contributed by atoms with Crippen molar-refractivity contribution in [2.24, 2.45) is 0 Å². The maximum Gasteiger partial charge on any atom is 0.124 e. The third kappa shape index (κ3) is 2.57. The molecule has 0 atom stereocenters. The summed E-state index contributed by atoms with van der Waals surface area (Å²) in [5.74, 6) is 0.991. The van der Waals surface area contributed by atoms with Crippen molar-refractivity contribution in [3.8, 4) is 16.2 Å². The molecule has 0 radical (unpaired) electrons. The standard InChI is InChI=1S/C15H19NOS/c1-10-5-13(6-11(2)15(10)17-4)14-7-12(8-16-3)9-18-14/h5-7,9,16H,8H2,1-4H3. The molecule has 2 rings (SSSR count). The molecule has 0 spiro atoms. The molecule has 1 aromatic heterocycles. The topological polar surface area (TPSA) is 21.3 Å². The van der Waals surface area contributed by atoms with Crippen LogP contribution < -0.4 is 10.1 Å². The van der Waals surface area contributed by atoms with E-state index in [-0.39, 0.29) is 0 Å². The number of methoxy groups -OCH3 is 1. The molecule has 0 amide bonds. The summed E-state index contributed by atoms with van der Waals surface area (Å²) in [7, 11) is 3.70. The van der Waals surface area contributed by atoms with Gasteiger partial charge in [-0.1, -0.05) is 0 Å².